The molecule has 2 aromatic heterocycles. The molecule has 3 rings (SSSR count). The van der Waals surface area contributed by atoms with E-state index < -0.39 is 11.9 Å². The third kappa shape index (κ3) is 4.67. The van der Waals surface area contributed by atoms with E-state index in [-0.39, 0.29) is 22.7 Å². The van der Waals surface area contributed by atoms with Gasteiger partial charge in [-0.15, -0.1) is 0 Å². The smallest absolute Gasteiger partial charge is 0.350 e. The monoisotopic (exact) mass is 410 g/mol. The first-order valence-electron chi connectivity index (χ1n) is 8.65. The lowest BCUT2D eigenvalue weighted by Gasteiger charge is -2.00. The van der Waals surface area contributed by atoms with E-state index in [1.54, 1.807) is 19.1 Å². The highest BCUT2D eigenvalue weighted by Crippen LogP contribution is 2.23. The van der Waals surface area contributed by atoms with Gasteiger partial charge in [-0.25, -0.2) is 9.78 Å². The summed E-state index contributed by atoms with van der Waals surface area (Å²) in [4.78, 5) is 41.1. The summed E-state index contributed by atoms with van der Waals surface area (Å²) >= 11 is 1.01. The van der Waals surface area contributed by atoms with E-state index in [9.17, 15) is 14.4 Å². The van der Waals surface area contributed by atoms with E-state index in [4.69, 9.17) is 9.15 Å². The number of carbonyl (C=O) groups excluding carboxylic acids is 2. The number of aryl methyl sites for hydroxylation is 2. The molecule has 1 N–H and O–H groups in total. The predicted molar refractivity (Wildman–Crippen MR) is 112 cm³/mol. The van der Waals surface area contributed by atoms with E-state index in [2.05, 4.69) is 16.9 Å². The standard InChI is InChI=1S/C21H18N2O5S/c1-4-9-27-20(26)19-13(3)22-21(29-19)23-17(24)8-6-14-11-28-16-7-5-12(2)10-15(16)18(14)25/h4-8,10-11H,1,9H2,2-3H3,(H,22,23,24)/b8-6+. The lowest BCUT2D eigenvalue weighted by atomic mass is 10.1. The summed E-state index contributed by atoms with van der Waals surface area (Å²) in [7, 11) is 0. The maximum absolute atomic E-state index is 12.5. The molecule has 0 unspecified atom stereocenters. The molecule has 0 aliphatic carbocycles. The first kappa shape index (κ1) is 20.2. The summed E-state index contributed by atoms with van der Waals surface area (Å²) < 4.78 is 10.4. The van der Waals surface area contributed by atoms with Crippen LogP contribution in [0, 0.1) is 13.8 Å². The van der Waals surface area contributed by atoms with Crippen molar-refractivity contribution in [3.8, 4) is 0 Å². The van der Waals surface area contributed by atoms with Gasteiger partial charge in [0.15, 0.2) is 10.6 Å². The van der Waals surface area contributed by atoms with Crippen LogP contribution in [0.3, 0.4) is 0 Å². The normalized spacial score (nSPS) is 11.0. The molecule has 0 fully saturated rings. The number of hydrogen-bond donors (Lipinski definition) is 1. The highest BCUT2D eigenvalue weighted by atomic mass is 32.1. The summed E-state index contributed by atoms with van der Waals surface area (Å²) in [5.74, 6) is -1.02. The Hall–Kier alpha value is -3.52. The van der Waals surface area contributed by atoms with Crippen molar-refractivity contribution in [2.24, 2.45) is 0 Å². The number of amides is 1. The minimum Gasteiger partial charge on any atom is -0.463 e. The minimum absolute atomic E-state index is 0.0917. The molecule has 0 spiro atoms. The first-order valence-corrected chi connectivity index (χ1v) is 9.47. The van der Waals surface area contributed by atoms with Crippen molar-refractivity contribution in [1.29, 1.82) is 0 Å². The van der Waals surface area contributed by atoms with Gasteiger partial charge in [-0.05, 0) is 32.1 Å². The number of esters is 1. The Morgan fingerprint density at radius 1 is 1.34 bits per heavy atom. The van der Waals surface area contributed by atoms with Gasteiger partial charge in [0.25, 0.3) is 0 Å². The molecular formula is C21H18N2O5S. The molecule has 0 atom stereocenters. The van der Waals surface area contributed by atoms with Crippen LogP contribution in [-0.2, 0) is 9.53 Å². The van der Waals surface area contributed by atoms with Crippen LogP contribution in [0.25, 0.3) is 17.0 Å². The van der Waals surface area contributed by atoms with Crippen LogP contribution in [0.2, 0.25) is 0 Å². The third-order valence-electron chi connectivity index (χ3n) is 3.91. The number of fused-ring (bicyclic) bond motifs is 1. The number of thiazole rings is 1. The van der Waals surface area contributed by atoms with E-state index in [1.165, 1.54) is 24.5 Å². The van der Waals surface area contributed by atoms with Crippen LogP contribution in [-0.4, -0.2) is 23.5 Å². The average molecular weight is 410 g/mol. The van der Waals surface area contributed by atoms with E-state index in [0.29, 0.717) is 21.5 Å². The van der Waals surface area contributed by atoms with Crippen molar-refractivity contribution in [1.82, 2.24) is 4.98 Å². The second-order valence-electron chi connectivity index (χ2n) is 6.16. The molecule has 0 bridgehead atoms. The number of rotatable bonds is 6. The Balaban J connectivity index is 1.74. The Morgan fingerprint density at radius 3 is 2.90 bits per heavy atom. The van der Waals surface area contributed by atoms with Gasteiger partial charge in [0, 0.05) is 6.08 Å². The average Bonchev–Trinajstić information content (AvgIpc) is 3.06. The quantitative estimate of drug-likeness (QED) is 0.376. The fraction of sp³-hybridized carbons (Fsp3) is 0.143. The zero-order valence-corrected chi connectivity index (χ0v) is 16.7. The van der Waals surface area contributed by atoms with Gasteiger partial charge >= 0.3 is 5.97 Å². The summed E-state index contributed by atoms with van der Waals surface area (Å²) in [5.41, 5.74) is 1.90. The molecular weight excluding hydrogens is 392 g/mol. The van der Waals surface area contributed by atoms with Gasteiger partial charge in [-0.1, -0.05) is 35.6 Å². The van der Waals surface area contributed by atoms with E-state index in [1.807, 2.05) is 13.0 Å². The van der Waals surface area contributed by atoms with Crippen molar-refractivity contribution < 1.29 is 18.7 Å². The predicted octanol–water partition coefficient (Wildman–Crippen LogP) is 3.86. The van der Waals surface area contributed by atoms with Crippen LogP contribution in [0.4, 0.5) is 5.13 Å². The molecule has 148 valence electrons. The van der Waals surface area contributed by atoms with Gasteiger partial charge in [0.1, 0.15) is 23.3 Å². The molecule has 0 aliphatic rings. The van der Waals surface area contributed by atoms with Crippen molar-refractivity contribution >= 4 is 45.4 Å². The Bertz CT molecular complexity index is 1190. The molecule has 2 heterocycles. The maximum Gasteiger partial charge on any atom is 0.350 e. The van der Waals surface area contributed by atoms with Gasteiger partial charge in [0.05, 0.1) is 16.6 Å². The van der Waals surface area contributed by atoms with E-state index in [0.717, 1.165) is 16.9 Å². The molecule has 0 saturated carbocycles. The summed E-state index contributed by atoms with van der Waals surface area (Å²) in [5, 5.41) is 3.27. The molecule has 29 heavy (non-hydrogen) atoms. The van der Waals surface area contributed by atoms with E-state index >= 15 is 0 Å². The molecule has 1 amide bonds. The van der Waals surface area contributed by atoms with Crippen LogP contribution < -0.4 is 10.7 Å². The van der Waals surface area contributed by atoms with Crippen LogP contribution >= 0.6 is 11.3 Å². The number of nitrogens with one attached hydrogen (secondary N) is 1. The lowest BCUT2D eigenvalue weighted by molar-refractivity contribution is -0.111. The molecule has 1 aromatic carbocycles. The minimum atomic E-state index is -0.528. The second-order valence-corrected chi connectivity index (χ2v) is 7.16. The Morgan fingerprint density at radius 2 is 2.14 bits per heavy atom. The van der Waals surface area contributed by atoms with Gasteiger partial charge in [-0.2, -0.15) is 0 Å². The zero-order chi connectivity index (χ0) is 21.0. The maximum atomic E-state index is 12.5. The first-order chi connectivity index (χ1) is 13.9. The molecule has 3 aromatic rings. The topological polar surface area (TPSA) is 98.5 Å². The lowest BCUT2D eigenvalue weighted by Crippen LogP contribution is -2.09. The molecule has 0 aliphatic heterocycles. The largest absolute Gasteiger partial charge is 0.463 e. The van der Waals surface area contributed by atoms with Crippen LogP contribution in [0.15, 0.2) is 52.4 Å². The van der Waals surface area contributed by atoms with Gasteiger partial charge < -0.3 is 9.15 Å². The summed E-state index contributed by atoms with van der Waals surface area (Å²) in [6, 6.07) is 5.32. The molecule has 0 radical (unpaired) electrons. The summed E-state index contributed by atoms with van der Waals surface area (Å²) in [6.07, 6.45) is 5.36. The van der Waals surface area contributed by atoms with Gasteiger partial charge in [0.2, 0.25) is 5.91 Å². The molecule has 0 saturated heterocycles. The fourth-order valence-electron chi connectivity index (χ4n) is 2.53. The highest BCUT2D eigenvalue weighted by Gasteiger charge is 2.17. The Labute approximate surface area is 170 Å². The van der Waals surface area contributed by atoms with Gasteiger partial charge in [-0.3, -0.25) is 14.9 Å². The third-order valence-corrected chi connectivity index (χ3v) is 4.97. The van der Waals surface area contributed by atoms with Crippen molar-refractivity contribution in [2.75, 3.05) is 11.9 Å². The number of ether oxygens (including phenoxy) is 1. The number of benzene rings is 1. The SMILES string of the molecule is C=CCOC(=O)c1sc(NC(=O)/C=C/c2coc3ccc(C)cc3c2=O)nc1C. The zero-order valence-electron chi connectivity index (χ0n) is 15.9. The number of anilines is 1. The Kier molecular flexibility index (Phi) is 6.04. The number of hydrogen-bond acceptors (Lipinski definition) is 7. The number of nitrogens with zero attached hydrogens (tertiary/aromatic N) is 1. The fourth-order valence-corrected chi connectivity index (χ4v) is 3.39. The van der Waals surface area contributed by atoms with Crippen LogP contribution in [0.5, 0.6) is 0 Å². The van der Waals surface area contributed by atoms with Crippen molar-refractivity contribution in [3.63, 3.8) is 0 Å². The number of aromatic nitrogens is 1. The number of carbonyl (C=O) groups is 2. The highest BCUT2D eigenvalue weighted by molar-refractivity contribution is 7.17. The molecule has 7 nitrogen and oxygen atoms in total. The van der Waals surface area contributed by atoms with Crippen molar-refractivity contribution in [2.45, 2.75) is 13.8 Å². The second kappa shape index (κ2) is 8.66. The summed E-state index contributed by atoms with van der Waals surface area (Å²) in [6.45, 7) is 7.10. The molecule has 8 heteroatoms. The van der Waals surface area contributed by atoms with Crippen LogP contribution in [0.1, 0.15) is 26.5 Å². The van der Waals surface area contributed by atoms with Crippen molar-refractivity contribution in [3.05, 3.63) is 75.1 Å².